The summed E-state index contributed by atoms with van der Waals surface area (Å²) in [5.41, 5.74) is 2.14. The minimum Gasteiger partial charge on any atom is -0.490 e. The largest absolute Gasteiger partial charge is 0.490 e. The average molecular weight is 346 g/mol. The quantitative estimate of drug-likeness (QED) is 0.820. The first-order valence-corrected chi connectivity index (χ1v) is 9.24. The summed E-state index contributed by atoms with van der Waals surface area (Å²) < 4.78 is 11.4. The van der Waals surface area contributed by atoms with Crippen molar-refractivity contribution in [2.45, 2.75) is 58.8 Å². The lowest BCUT2D eigenvalue weighted by atomic mass is 10.0. The molecule has 0 N–H and O–H groups in total. The predicted molar refractivity (Wildman–Crippen MR) is 98.0 cm³/mol. The summed E-state index contributed by atoms with van der Waals surface area (Å²) in [5.74, 6) is 1.03. The molecule has 2 heterocycles. The van der Waals surface area contributed by atoms with Gasteiger partial charge in [0.05, 0.1) is 0 Å². The standard InChI is InChI=1S/C20H30N2O3/c1-14-12-17-7-6-16(13-18(17)24-14)15(2)21-8-10-22(11-9-21)19(23)25-20(3,4)5/h6-7,13-15H,8-12H2,1-5H3. The fraction of sp³-hybridized carbons (Fsp3) is 0.650. The Balaban J connectivity index is 1.58. The third-order valence-corrected chi connectivity index (χ3v) is 4.92. The summed E-state index contributed by atoms with van der Waals surface area (Å²) >= 11 is 0. The highest BCUT2D eigenvalue weighted by Gasteiger charge is 2.28. The Labute approximate surface area is 150 Å². The third-order valence-electron chi connectivity index (χ3n) is 4.92. The number of rotatable bonds is 2. The van der Waals surface area contributed by atoms with Crippen LogP contribution >= 0.6 is 0 Å². The molecule has 1 saturated heterocycles. The molecule has 0 aromatic heterocycles. The molecular weight excluding hydrogens is 316 g/mol. The second-order valence-corrected chi connectivity index (χ2v) is 8.18. The average Bonchev–Trinajstić information content (AvgIpc) is 2.91. The van der Waals surface area contributed by atoms with Gasteiger partial charge in [-0.3, -0.25) is 4.90 Å². The van der Waals surface area contributed by atoms with Crippen LogP contribution in [-0.4, -0.2) is 53.8 Å². The lowest BCUT2D eigenvalue weighted by Crippen LogP contribution is -2.50. The number of amides is 1. The predicted octanol–water partition coefficient (Wildman–Crippen LogP) is 3.62. The molecule has 0 aliphatic carbocycles. The second kappa shape index (κ2) is 6.87. The number of carbonyl (C=O) groups excluding carboxylic acids is 1. The molecule has 1 aromatic rings. The van der Waals surface area contributed by atoms with Crippen molar-refractivity contribution in [3.8, 4) is 5.75 Å². The van der Waals surface area contributed by atoms with E-state index < -0.39 is 5.60 Å². The topological polar surface area (TPSA) is 42.0 Å². The van der Waals surface area contributed by atoms with Gasteiger partial charge in [0.25, 0.3) is 0 Å². The second-order valence-electron chi connectivity index (χ2n) is 8.18. The van der Waals surface area contributed by atoms with Crippen molar-refractivity contribution in [2.75, 3.05) is 26.2 Å². The SMILES string of the molecule is CC1Cc2ccc(C(C)N3CCN(C(=O)OC(C)(C)C)CC3)cc2O1. The normalized spacial score (nSPS) is 22.3. The van der Waals surface area contributed by atoms with Crippen LogP contribution in [0.2, 0.25) is 0 Å². The van der Waals surface area contributed by atoms with Crippen LogP contribution in [0.15, 0.2) is 18.2 Å². The number of carbonyl (C=O) groups is 1. The van der Waals surface area contributed by atoms with E-state index in [9.17, 15) is 4.79 Å². The zero-order valence-corrected chi connectivity index (χ0v) is 16.0. The first kappa shape index (κ1) is 18.1. The Bertz CT molecular complexity index is 630. The zero-order chi connectivity index (χ0) is 18.2. The summed E-state index contributed by atoms with van der Waals surface area (Å²) in [5, 5.41) is 0. The van der Waals surface area contributed by atoms with Crippen LogP contribution in [0.3, 0.4) is 0 Å². The number of benzene rings is 1. The van der Waals surface area contributed by atoms with Gasteiger partial charge >= 0.3 is 6.09 Å². The van der Waals surface area contributed by atoms with Crippen LogP contribution in [0.4, 0.5) is 4.79 Å². The highest BCUT2D eigenvalue weighted by Crippen LogP contribution is 2.33. The molecule has 2 aliphatic rings. The minimum atomic E-state index is -0.441. The van der Waals surface area contributed by atoms with Crippen LogP contribution < -0.4 is 4.74 Å². The Kier molecular flexibility index (Phi) is 4.96. The van der Waals surface area contributed by atoms with E-state index in [1.807, 2.05) is 25.7 Å². The van der Waals surface area contributed by atoms with E-state index in [2.05, 4.69) is 36.9 Å². The maximum absolute atomic E-state index is 12.2. The van der Waals surface area contributed by atoms with Gasteiger partial charge in [0.1, 0.15) is 17.5 Å². The monoisotopic (exact) mass is 346 g/mol. The Morgan fingerprint density at radius 1 is 1.24 bits per heavy atom. The van der Waals surface area contributed by atoms with Gasteiger partial charge in [0, 0.05) is 38.6 Å². The first-order chi connectivity index (χ1) is 11.7. The molecule has 138 valence electrons. The Hall–Kier alpha value is -1.75. The van der Waals surface area contributed by atoms with Gasteiger partial charge < -0.3 is 14.4 Å². The molecule has 5 nitrogen and oxygen atoms in total. The maximum atomic E-state index is 12.2. The summed E-state index contributed by atoms with van der Waals surface area (Å²) in [4.78, 5) is 16.4. The number of nitrogens with zero attached hydrogens (tertiary/aromatic N) is 2. The van der Waals surface area contributed by atoms with Gasteiger partial charge in [-0.15, -0.1) is 0 Å². The van der Waals surface area contributed by atoms with Gasteiger partial charge in [0.2, 0.25) is 0 Å². The lowest BCUT2D eigenvalue weighted by Gasteiger charge is -2.38. The van der Waals surface area contributed by atoms with E-state index in [4.69, 9.17) is 9.47 Å². The van der Waals surface area contributed by atoms with Crippen molar-refractivity contribution in [2.24, 2.45) is 0 Å². The van der Waals surface area contributed by atoms with Crippen molar-refractivity contribution in [1.82, 2.24) is 9.80 Å². The molecule has 0 spiro atoms. The van der Waals surface area contributed by atoms with Gasteiger partial charge in [0.15, 0.2) is 0 Å². The molecule has 0 saturated carbocycles. The van der Waals surface area contributed by atoms with Crippen molar-refractivity contribution >= 4 is 6.09 Å². The van der Waals surface area contributed by atoms with Gasteiger partial charge in [-0.05, 0) is 51.8 Å². The molecule has 3 rings (SSSR count). The number of fused-ring (bicyclic) bond motifs is 1. The van der Waals surface area contributed by atoms with Gasteiger partial charge in [-0.2, -0.15) is 0 Å². The number of ether oxygens (including phenoxy) is 2. The molecule has 0 radical (unpaired) electrons. The Morgan fingerprint density at radius 3 is 2.56 bits per heavy atom. The number of piperazine rings is 1. The molecule has 1 aromatic carbocycles. The van der Waals surface area contributed by atoms with Crippen molar-refractivity contribution in [3.63, 3.8) is 0 Å². The zero-order valence-electron chi connectivity index (χ0n) is 16.0. The van der Waals surface area contributed by atoms with E-state index in [0.717, 1.165) is 25.3 Å². The highest BCUT2D eigenvalue weighted by molar-refractivity contribution is 5.68. The summed E-state index contributed by atoms with van der Waals surface area (Å²) in [7, 11) is 0. The Morgan fingerprint density at radius 2 is 1.92 bits per heavy atom. The summed E-state index contributed by atoms with van der Waals surface area (Å²) in [6, 6.07) is 6.90. The highest BCUT2D eigenvalue weighted by atomic mass is 16.6. The van der Waals surface area contributed by atoms with Crippen LogP contribution in [0.1, 0.15) is 51.8 Å². The van der Waals surface area contributed by atoms with E-state index >= 15 is 0 Å². The minimum absolute atomic E-state index is 0.209. The fourth-order valence-corrected chi connectivity index (χ4v) is 3.51. The maximum Gasteiger partial charge on any atom is 0.410 e. The van der Waals surface area contributed by atoms with Gasteiger partial charge in [-0.1, -0.05) is 12.1 Å². The van der Waals surface area contributed by atoms with E-state index in [0.29, 0.717) is 19.1 Å². The van der Waals surface area contributed by atoms with E-state index in [1.165, 1.54) is 11.1 Å². The van der Waals surface area contributed by atoms with Crippen molar-refractivity contribution in [3.05, 3.63) is 29.3 Å². The fourth-order valence-electron chi connectivity index (χ4n) is 3.51. The molecule has 1 amide bonds. The van der Waals surface area contributed by atoms with Crippen LogP contribution in [0, 0.1) is 0 Å². The summed E-state index contributed by atoms with van der Waals surface area (Å²) in [6.07, 6.45) is 1.07. The third kappa shape index (κ3) is 4.27. The molecular formula is C20H30N2O3. The van der Waals surface area contributed by atoms with E-state index in [1.54, 1.807) is 0 Å². The van der Waals surface area contributed by atoms with Crippen molar-refractivity contribution < 1.29 is 14.3 Å². The molecule has 1 fully saturated rings. The number of hydrogen-bond acceptors (Lipinski definition) is 4. The van der Waals surface area contributed by atoms with Crippen molar-refractivity contribution in [1.29, 1.82) is 0 Å². The number of hydrogen-bond donors (Lipinski definition) is 0. The van der Waals surface area contributed by atoms with Crippen LogP contribution in [0.5, 0.6) is 5.75 Å². The first-order valence-electron chi connectivity index (χ1n) is 9.24. The molecule has 5 heteroatoms. The van der Waals surface area contributed by atoms with Crippen LogP contribution in [0.25, 0.3) is 0 Å². The smallest absolute Gasteiger partial charge is 0.410 e. The molecule has 2 aliphatic heterocycles. The lowest BCUT2D eigenvalue weighted by molar-refractivity contribution is 0.0110. The molecule has 2 atom stereocenters. The molecule has 0 bridgehead atoms. The molecule has 25 heavy (non-hydrogen) atoms. The van der Waals surface area contributed by atoms with Crippen LogP contribution in [-0.2, 0) is 11.2 Å². The molecule has 2 unspecified atom stereocenters. The van der Waals surface area contributed by atoms with E-state index in [-0.39, 0.29) is 12.2 Å². The van der Waals surface area contributed by atoms with Gasteiger partial charge in [-0.25, -0.2) is 4.79 Å². The summed E-state index contributed by atoms with van der Waals surface area (Å²) in [6.45, 7) is 13.2.